The predicted molar refractivity (Wildman–Crippen MR) is 80.8 cm³/mol. The van der Waals surface area contributed by atoms with Crippen LogP contribution in [0.2, 0.25) is 0 Å². The zero-order valence-electron chi connectivity index (χ0n) is 11.3. The third kappa shape index (κ3) is 4.03. The molecule has 2 aromatic rings. The summed E-state index contributed by atoms with van der Waals surface area (Å²) in [7, 11) is 1.72. The number of nitrogens with one attached hydrogen (secondary N) is 1. The van der Waals surface area contributed by atoms with Crippen LogP contribution in [-0.2, 0) is 11.3 Å². The van der Waals surface area contributed by atoms with Crippen LogP contribution < -0.4 is 0 Å². The van der Waals surface area contributed by atoms with Gasteiger partial charge in [-0.05, 0) is 30.7 Å². The number of hydrogen-bond acceptors (Lipinski definition) is 3. The van der Waals surface area contributed by atoms with Crippen molar-refractivity contribution in [2.45, 2.75) is 13.5 Å². The summed E-state index contributed by atoms with van der Waals surface area (Å²) in [6, 6.07) is 7.75. The van der Waals surface area contributed by atoms with Crippen molar-refractivity contribution in [3.8, 4) is 0 Å². The van der Waals surface area contributed by atoms with Crippen molar-refractivity contribution in [2.75, 3.05) is 7.05 Å². The molecular weight excluding hydrogens is 320 g/mol. The Balaban J connectivity index is 1.97. The molecule has 1 N–H and O–H groups in total. The number of nitrogens with zero attached hydrogens (tertiary/aromatic N) is 3. The van der Waals surface area contributed by atoms with Gasteiger partial charge < -0.3 is 4.90 Å². The van der Waals surface area contributed by atoms with Crippen LogP contribution in [-0.4, -0.2) is 33.0 Å². The van der Waals surface area contributed by atoms with E-state index in [4.69, 9.17) is 0 Å². The first-order valence-corrected chi connectivity index (χ1v) is 6.90. The Morgan fingerprint density at radius 1 is 1.50 bits per heavy atom. The molecule has 104 valence electrons. The fourth-order valence-corrected chi connectivity index (χ4v) is 2.07. The van der Waals surface area contributed by atoms with Gasteiger partial charge in [0.25, 0.3) is 0 Å². The second-order valence-corrected chi connectivity index (χ2v) is 5.34. The molecule has 0 aliphatic rings. The van der Waals surface area contributed by atoms with Gasteiger partial charge in [0.15, 0.2) is 5.82 Å². The van der Waals surface area contributed by atoms with E-state index in [9.17, 15) is 4.79 Å². The molecule has 6 heteroatoms. The second kappa shape index (κ2) is 6.47. The van der Waals surface area contributed by atoms with Crippen LogP contribution in [0.4, 0.5) is 0 Å². The Labute approximate surface area is 125 Å². The number of H-pyrrole nitrogens is 1. The number of aromatic nitrogens is 3. The van der Waals surface area contributed by atoms with Crippen LogP contribution in [0.1, 0.15) is 17.2 Å². The van der Waals surface area contributed by atoms with Crippen molar-refractivity contribution in [3.63, 3.8) is 0 Å². The van der Waals surface area contributed by atoms with Crippen molar-refractivity contribution in [2.24, 2.45) is 0 Å². The van der Waals surface area contributed by atoms with Gasteiger partial charge in [-0.25, -0.2) is 4.98 Å². The molecule has 1 amide bonds. The topological polar surface area (TPSA) is 61.9 Å². The molecule has 1 heterocycles. The predicted octanol–water partition coefficient (Wildman–Crippen LogP) is 2.55. The van der Waals surface area contributed by atoms with Crippen molar-refractivity contribution in [1.82, 2.24) is 20.1 Å². The van der Waals surface area contributed by atoms with E-state index in [0.29, 0.717) is 12.4 Å². The third-order valence-electron chi connectivity index (χ3n) is 2.67. The lowest BCUT2D eigenvalue weighted by atomic mass is 10.2. The smallest absolute Gasteiger partial charge is 0.246 e. The maximum Gasteiger partial charge on any atom is 0.246 e. The first-order chi connectivity index (χ1) is 9.54. The molecule has 0 fully saturated rings. The maximum atomic E-state index is 12.0. The van der Waals surface area contributed by atoms with Crippen LogP contribution in [0.15, 0.2) is 34.8 Å². The summed E-state index contributed by atoms with van der Waals surface area (Å²) < 4.78 is 0.983. The molecule has 5 nitrogen and oxygen atoms in total. The van der Waals surface area contributed by atoms with Crippen LogP contribution in [0.3, 0.4) is 0 Å². The monoisotopic (exact) mass is 334 g/mol. The summed E-state index contributed by atoms with van der Waals surface area (Å²) in [5.41, 5.74) is 0.967. The molecule has 0 saturated carbocycles. The van der Waals surface area contributed by atoms with Gasteiger partial charge >= 0.3 is 0 Å². The van der Waals surface area contributed by atoms with Crippen molar-refractivity contribution in [3.05, 3.63) is 52.0 Å². The van der Waals surface area contributed by atoms with Gasteiger partial charge in [-0.1, -0.05) is 28.1 Å². The average molecular weight is 335 g/mol. The highest BCUT2D eigenvalue weighted by Gasteiger charge is 2.08. The van der Waals surface area contributed by atoms with E-state index in [-0.39, 0.29) is 5.91 Å². The summed E-state index contributed by atoms with van der Waals surface area (Å²) in [6.45, 7) is 2.21. The van der Waals surface area contributed by atoms with E-state index in [1.54, 1.807) is 24.1 Å². The van der Waals surface area contributed by atoms with Crippen LogP contribution >= 0.6 is 15.9 Å². The molecule has 0 aliphatic heterocycles. The van der Waals surface area contributed by atoms with E-state index in [2.05, 4.69) is 31.1 Å². The quantitative estimate of drug-likeness (QED) is 0.874. The Morgan fingerprint density at radius 3 is 2.95 bits per heavy atom. The number of carbonyl (C=O) groups is 1. The highest BCUT2D eigenvalue weighted by Crippen LogP contribution is 2.12. The fraction of sp³-hybridized carbons (Fsp3) is 0.214. The zero-order valence-corrected chi connectivity index (χ0v) is 12.9. The standard InChI is InChI=1S/C14H15BrN4O/c1-10-16-13(18-17-10)9-19(2)14(20)7-6-11-4-3-5-12(15)8-11/h3-8H,9H2,1-2H3,(H,16,17,18). The molecule has 0 atom stereocenters. The molecule has 0 unspecified atom stereocenters. The molecule has 1 aromatic heterocycles. The third-order valence-corrected chi connectivity index (χ3v) is 3.16. The van der Waals surface area contributed by atoms with Crippen LogP contribution in [0.25, 0.3) is 6.08 Å². The molecule has 0 bridgehead atoms. The zero-order chi connectivity index (χ0) is 14.5. The molecule has 20 heavy (non-hydrogen) atoms. The van der Waals surface area contributed by atoms with Gasteiger partial charge in [-0.2, -0.15) is 5.10 Å². The lowest BCUT2D eigenvalue weighted by Crippen LogP contribution is -2.24. The average Bonchev–Trinajstić information content (AvgIpc) is 2.81. The lowest BCUT2D eigenvalue weighted by Gasteiger charge is -2.12. The summed E-state index contributed by atoms with van der Waals surface area (Å²) in [5.74, 6) is 1.26. The number of benzene rings is 1. The largest absolute Gasteiger partial charge is 0.335 e. The van der Waals surface area contributed by atoms with E-state index in [1.165, 1.54) is 0 Å². The van der Waals surface area contributed by atoms with Gasteiger partial charge in [0.2, 0.25) is 5.91 Å². The van der Waals surface area contributed by atoms with E-state index >= 15 is 0 Å². The Hall–Kier alpha value is -1.95. The number of carbonyl (C=O) groups excluding carboxylic acids is 1. The van der Waals surface area contributed by atoms with Crippen molar-refractivity contribution >= 4 is 27.9 Å². The minimum atomic E-state index is -0.0903. The van der Waals surface area contributed by atoms with Gasteiger partial charge in [-0.15, -0.1) is 0 Å². The first-order valence-electron chi connectivity index (χ1n) is 6.11. The second-order valence-electron chi connectivity index (χ2n) is 4.42. The minimum absolute atomic E-state index is 0.0903. The minimum Gasteiger partial charge on any atom is -0.335 e. The first kappa shape index (κ1) is 14.5. The number of likely N-dealkylation sites (N-methyl/N-ethyl adjacent to an activating group) is 1. The fourth-order valence-electron chi connectivity index (χ4n) is 1.65. The highest BCUT2D eigenvalue weighted by atomic mass is 79.9. The lowest BCUT2D eigenvalue weighted by molar-refractivity contribution is -0.125. The Bertz CT molecular complexity index is 636. The number of aromatic amines is 1. The van der Waals surface area contributed by atoms with Gasteiger partial charge in [0.05, 0.1) is 6.54 Å². The number of aryl methyl sites for hydroxylation is 1. The molecule has 2 rings (SSSR count). The summed E-state index contributed by atoms with van der Waals surface area (Å²) in [4.78, 5) is 17.7. The van der Waals surface area contributed by atoms with Crippen molar-refractivity contribution in [1.29, 1.82) is 0 Å². The maximum absolute atomic E-state index is 12.0. The SMILES string of the molecule is Cc1nc(CN(C)C(=O)C=Cc2cccc(Br)c2)n[nH]1. The molecule has 0 spiro atoms. The van der Waals surface area contributed by atoms with Gasteiger partial charge in [-0.3, -0.25) is 9.89 Å². The number of rotatable bonds is 4. The van der Waals surface area contributed by atoms with Crippen LogP contribution in [0.5, 0.6) is 0 Å². The number of amides is 1. The normalized spacial score (nSPS) is 10.9. The van der Waals surface area contributed by atoms with E-state index in [1.807, 2.05) is 31.2 Å². The summed E-state index contributed by atoms with van der Waals surface area (Å²) in [6.07, 6.45) is 3.33. The van der Waals surface area contributed by atoms with Gasteiger partial charge in [0.1, 0.15) is 5.82 Å². The summed E-state index contributed by atoms with van der Waals surface area (Å²) >= 11 is 3.40. The molecule has 0 saturated heterocycles. The van der Waals surface area contributed by atoms with E-state index in [0.717, 1.165) is 15.9 Å². The number of hydrogen-bond donors (Lipinski definition) is 1. The number of halogens is 1. The van der Waals surface area contributed by atoms with Gasteiger partial charge in [0, 0.05) is 17.6 Å². The summed E-state index contributed by atoms with van der Waals surface area (Å²) in [5, 5.41) is 6.76. The van der Waals surface area contributed by atoms with Crippen molar-refractivity contribution < 1.29 is 4.79 Å². The molecule has 0 radical (unpaired) electrons. The van der Waals surface area contributed by atoms with Crippen LogP contribution in [0, 0.1) is 6.92 Å². The molecular formula is C14H15BrN4O. The Kier molecular flexibility index (Phi) is 4.68. The molecule has 1 aromatic carbocycles. The Morgan fingerprint density at radius 2 is 2.30 bits per heavy atom. The molecule has 0 aliphatic carbocycles. The highest BCUT2D eigenvalue weighted by molar-refractivity contribution is 9.10. The van der Waals surface area contributed by atoms with E-state index < -0.39 is 0 Å².